The standard InChI is InChI=1S/C13H12N4O4/c14-6-5-10-8-16(13(19)15-12(10)18)7-9-1-3-11(4-2-9)17(20)21/h1-6,8H,7,14H2,(H,15,18,19)/b6-5+. The third-order valence-corrected chi connectivity index (χ3v) is 2.81. The van der Waals surface area contributed by atoms with Gasteiger partial charge >= 0.3 is 5.69 Å². The van der Waals surface area contributed by atoms with Gasteiger partial charge in [-0.2, -0.15) is 0 Å². The summed E-state index contributed by atoms with van der Waals surface area (Å²) in [5.74, 6) is 0. The van der Waals surface area contributed by atoms with E-state index >= 15 is 0 Å². The predicted molar refractivity (Wildman–Crippen MR) is 76.7 cm³/mol. The summed E-state index contributed by atoms with van der Waals surface area (Å²) < 4.78 is 1.29. The second-order valence-electron chi connectivity index (χ2n) is 4.25. The highest BCUT2D eigenvalue weighted by Gasteiger charge is 2.06. The third kappa shape index (κ3) is 3.24. The maximum absolute atomic E-state index is 11.7. The van der Waals surface area contributed by atoms with Crippen LogP contribution in [0.25, 0.3) is 6.08 Å². The molecule has 3 N–H and O–H groups in total. The molecular formula is C13H12N4O4. The molecule has 0 fully saturated rings. The number of rotatable bonds is 4. The van der Waals surface area contributed by atoms with Gasteiger partial charge in [-0.25, -0.2) is 4.79 Å². The normalized spacial score (nSPS) is 10.9. The Morgan fingerprint density at radius 2 is 1.95 bits per heavy atom. The van der Waals surface area contributed by atoms with Crippen LogP contribution < -0.4 is 17.0 Å². The minimum Gasteiger partial charge on any atom is -0.405 e. The number of non-ortho nitro benzene ring substituents is 1. The third-order valence-electron chi connectivity index (χ3n) is 2.81. The van der Waals surface area contributed by atoms with Gasteiger partial charge in [0.1, 0.15) is 0 Å². The Balaban J connectivity index is 2.35. The van der Waals surface area contributed by atoms with Gasteiger partial charge < -0.3 is 5.73 Å². The summed E-state index contributed by atoms with van der Waals surface area (Å²) in [4.78, 5) is 35.5. The minimum atomic E-state index is -0.562. The number of aromatic nitrogens is 2. The SMILES string of the molecule is N/C=C/c1cn(Cc2ccc([N+](=O)[O-])cc2)c(=O)[nH]c1=O. The van der Waals surface area contributed by atoms with Crippen molar-refractivity contribution in [3.05, 3.63) is 78.7 Å². The van der Waals surface area contributed by atoms with Crippen molar-refractivity contribution in [2.24, 2.45) is 5.73 Å². The number of nitrogens with zero attached hydrogens (tertiary/aromatic N) is 2. The average molecular weight is 288 g/mol. The molecule has 0 radical (unpaired) electrons. The zero-order valence-electron chi connectivity index (χ0n) is 10.9. The average Bonchev–Trinajstić information content (AvgIpc) is 2.45. The van der Waals surface area contributed by atoms with Crippen LogP contribution >= 0.6 is 0 Å². The maximum Gasteiger partial charge on any atom is 0.328 e. The van der Waals surface area contributed by atoms with E-state index in [1.54, 1.807) is 12.1 Å². The van der Waals surface area contributed by atoms with Gasteiger partial charge in [-0.05, 0) is 17.8 Å². The number of nitro benzene ring substituents is 1. The molecule has 1 aromatic carbocycles. The predicted octanol–water partition coefficient (Wildman–Crippen LogP) is 0.422. The molecule has 0 aliphatic carbocycles. The second kappa shape index (κ2) is 5.87. The number of H-pyrrole nitrogens is 1. The molecular weight excluding hydrogens is 276 g/mol. The Labute approximate surface area is 118 Å². The number of nitrogens with one attached hydrogen (secondary N) is 1. The van der Waals surface area contributed by atoms with Crippen LogP contribution in [0.5, 0.6) is 0 Å². The van der Waals surface area contributed by atoms with Gasteiger partial charge in [0.15, 0.2) is 0 Å². The molecule has 0 saturated heterocycles. The van der Waals surface area contributed by atoms with Crippen LogP contribution in [0, 0.1) is 10.1 Å². The van der Waals surface area contributed by atoms with Crippen LogP contribution in [0.1, 0.15) is 11.1 Å². The summed E-state index contributed by atoms with van der Waals surface area (Å²) in [7, 11) is 0. The van der Waals surface area contributed by atoms with Gasteiger partial charge in [-0.1, -0.05) is 12.1 Å². The highest BCUT2D eigenvalue weighted by atomic mass is 16.6. The van der Waals surface area contributed by atoms with E-state index < -0.39 is 16.2 Å². The van der Waals surface area contributed by atoms with Crippen LogP contribution in [0.2, 0.25) is 0 Å². The van der Waals surface area contributed by atoms with E-state index in [9.17, 15) is 19.7 Å². The first kappa shape index (κ1) is 14.3. The van der Waals surface area contributed by atoms with E-state index in [1.165, 1.54) is 35.2 Å². The number of hydrogen-bond acceptors (Lipinski definition) is 5. The molecule has 0 amide bonds. The summed E-state index contributed by atoms with van der Waals surface area (Å²) in [6.07, 6.45) is 3.96. The van der Waals surface area contributed by atoms with Crippen molar-refractivity contribution in [3.8, 4) is 0 Å². The van der Waals surface area contributed by atoms with Crippen molar-refractivity contribution < 1.29 is 4.92 Å². The lowest BCUT2D eigenvalue weighted by atomic mass is 10.2. The maximum atomic E-state index is 11.7. The van der Waals surface area contributed by atoms with E-state index in [-0.39, 0.29) is 17.8 Å². The van der Waals surface area contributed by atoms with Crippen LogP contribution in [0.4, 0.5) is 5.69 Å². The van der Waals surface area contributed by atoms with Crippen LogP contribution in [-0.2, 0) is 6.54 Å². The Morgan fingerprint density at radius 1 is 1.29 bits per heavy atom. The number of hydrogen-bond donors (Lipinski definition) is 2. The van der Waals surface area contributed by atoms with Crippen LogP contribution in [0.15, 0.2) is 46.3 Å². The molecule has 108 valence electrons. The molecule has 0 saturated carbocycles. The van der Waals surface area contributed by atoms with Crippen LogP contribution in [-0.4, -0.2) is 14.5 Å². The highest BCUT2D eigenvalue weighted by molar-refractivity contribution is 5.45. The lowest BCUT2D eigenvalue weighted by molar-refractivity contribution is -0.384. The lowest BCUT2D eigenvalue weighted by Gasteiger charge is -2.06. The highest BCUT2D eigenvalue weighted by Crippen LogP contribution is 2.12. The molecule has 21 heavy (non-hydrogen) atoms. The van der Waals surface area contributed by atoms with Crippen molar-refractivity contribution in [3.63, 3.8) is 0 Å². The fourth-order valence-corrected chi connectivity index (χ4v) is 1.79. The summed E-state index contributed by atoms with van der Waals surface area (Å²) >= 11 is 0. The monoisotopic (exact) mass is 288 g/mol. The molecule has 1 heterocycles. The fourth-order valence-electron chi connectivity index (χ4n) is 1.79. The van der Waals surface area contributed by atoms with Gasteiger partial charge in [0.2, 0.25) is 0 Å². The fraction of sp³-hybridized carbons (Fsp3) is 0.0769. The van der Waals surface area contributed by atoms with Gasteiger partial charge in [-0.15, -0.1) is 0 Å². The van der Waals surface area contributed by atoms with E-state index in [4.69, 9.17) is 5.73 Å². The molecule has 0 unspecified atom stereocenters. The summed E-state index contributed by atoms with van der Waals surface area (Å²) in [6, 6.07) is 5.81. The van der Waals surface area contributed by atoms with Crippen molar-refractivity contribution in [2.45, 2.75) is 6.54 Å². The Kier molecular flexibility index (Phi) is 3.98. The van der Waals surface area contributed by atoms with Crippen molar-refractivity contribution >= 4 is 11.8 Å². The first-order valence-corrected chi connectivity index (χ1v) is 5.96. The molecule has 0 aliphatic heterocycles. The van der Waals surface area contributed by atoms with Crippen molar-refractivity contribution in [2.75, 3.05) is 0 Å². The van der Waals surface area contributed by atoms with Gasteiger partial charge in [0.25, 0.3) is 11.2 Å². The first-order valence-electron chi connectivity index (χ1n) is 5.96. The zero-order chi connectivity index (χ0) is 15.4. The minimum absolute atomic E-state index is 0.0284. The van der Waals surface area contributed by atoms with Gasteiger partial charge in [0, 0.05) is 18.3 Å². The Bertz CT molecular complexity index is 802. The lowest BCUT2D eigenvalue weighted by Crippen LogP contribution is -2.31. The Hall–Kier alpha value is -3.16. The second-order valence-corrected chi connectivity index (χ2v) is 4.25. The quantitative estimate of drug-likeness (QED) is 0.623. The van der Waals surface area contributed by atoms with Crippen LogP contribution in [0.3, 0.4) is 0 Å². The van der Waals surface area contributed by atoms with Gasteiger partial charge in [-0.3, -0.25) is 24.5 Å². The summed E-state index contributed by atoms with van der Waals surface area (Å²) in [5.41, 5.74) is 5.05. The number of nitrogens with two attached hydrogens (primary N) is 1. The molecule has 2 rings (SSSR count). The number of aromatic amines is 1. The van der Waals surface area contributed by atoms with Gasteiger partial charge in [0.05, 0.1) is 17.0 Å². The number of benzene rings is 1. The summed E-state index contributed by atoms with van der Waals surface area (Å²) in [5, 5.41) is 10.6. The van der Waals surface area contributed by atoms with E-state index in [2.05, 4.69) is 4.98 Å². The van der Waals surface area contributed by atoms with E-state index in [0.717, 1.165) is 0 Å². The van der Waals surface area contributed by atoms with Crippen molar-refractivity contribution in [1.29, 1.82) is 0 Å². The molecule has 0 aliphatic rings. The molecule has 2 aromatic rings. The topological polar surface area (TPSA) is 124 Å². The van der Waals surface area contributed by atoms with E-state index in [0.29, 0.717) is 5.56 Å². The molecule has 0 spiro atoms. The Morgan fingerprint density at radius 3 is 2.52 bits per heavy atom. The zero-order valence-corrected chi connectivity index (χ0v) is 10.9. The summed E-state index contributed by atoms with van der Waals surface area (Å²) in [6.45, 7) is 0.180. The molecule has 0 bridgehead atoms. The largest absolute Gasteiger partial charge is 0.405 e. The first-order chi connectivity index (χ1) is 10.0. The van der Waals surface area contributed by atoms with Crippen molar-refractivity contribution in [1.82, 2.24) is 9.55 Å². The van der Waals surface area contributed by atoms with E-state index in [1.807, 2.05) is 0 Å². The molecule has 8 nitrogen and oxygen atoms in total. The molecule has 1 aromatic heterocycles. The molecule has 0 atom stereocenters. The number of nitro groups is 1. The molecule has 8 heteroatoms. The smallest absolute Gasteiger partial charge is 0.328 e.